The van der Waals surface area contributed by atoms with E-state index in [0.29, 0.717) is 13.2 Å². The molecule has 0 amide bonds. The van der Waals surface area contributed by atoms with Crippen molar-refractivity contribution in [3.63, 3.8) is 0 Å². The smallest absolute Gasteiger partial charge is 0.124 e. The molecule has 0 heterocycles. The van der Waals surface area contributed by atoms with Gasteiger partial charge < -0.3 is 24.3 Å². The molecule has 1 aromatic rings. The van der Waals surface area contributed by atoms with Crippen molar-refractivity contribution < 1.29 is 18.9 Å². The lowest BCUT2D eigenvalue weighted by Gasteiger charge is -2.10. The molecule has 0 saturated carbocycles. The van der Waals surface area contributed by atoms with Crippen LogP contribution in [0.15, 0.2) is 18.2 Å². The maximum absolute atomic E-state index is 5.39. The summed E-state index contributed by atoms with van der Waals surface area (Å²) in [6, 6.07) is 5.72. The third-order valence-electron chi connectivity index (χ3n) is 2.58. The van der Waals surface area contributed by atoms with E-state index < -0.39 is 0 Å². The Morgan fingerprint density at radius 1 is 0.895 bits per heavy atom. The molecule has 0 atom stereocenters. The third kappa shape index (κ3) is 6.31. The minimum absolute atomic E-state index is 0.639. The fraction of sp³-hybridized carbons (Fsp3) is 0.571. The summed E-state index contributed by atoms with van der Waals surface area (Å²) in [5, 5.41) is 3.31. The molecule has 0 aliphatic rings. The van der Waals surface area contributed by atoms with Gasteiger partial charge in [-0.05, 0) is 6.42 Å². The molecule has 0 unspecified atom stereocenters. The Morgan fingerprint density at radius 2 is 1.58 bits per heavy atom. The van der Waals surface area contributed by atoms with Gasteiger partial charge in [0, 0.05) is 44.1 Å². The molecule has 0 aromatic heterocycles. The fourth-order valence-electron chi connectivity index (χ4n) is 1.56. The van der Waals surface area contributed by atoms with E-state index in [9.17, 15) is 0 Å². The second kappa shape index (κ2) is 9.47. The summed E-state index contributed by atoms with van der Waals surface area (Å²) in [4.78, 5) is 0. The van der Waals surface area contributed by atoms with Gasteiger partial charge in [0.25, 0.3) is 0 Å². The predicted octanol–water partition coefficient (Wildman–Crippen LogP) is 2.17. The van der Waals surface area contributed by atoms with Crippen molar-refractivity contribution in [2.45, 2.75) is 6.42 Å². The number of anilines is 1. The van der Waals surface area contributed by atoms with Gasteiger partial charge in [0.05, 0.1) is 27.4 Å². The summed E-state index contributed by atoms with van der Waals surface area (Å²) in [5.74, 6) is 1.55. The molecule has 108 valence electrons. The summed E-state index contributed by atoms with van der Waals surface area (Å²) < 4.78 is 20.7. The van der Waals surface area contributed by atoms with Crippen LogP contribution in [0.3, 0.4) is 0 Å². The van der Waals surface area contributed by atoms with Gasteiger partial charge >= 0.3 is 0 Å². The van der Waals surface area contributed by atoms with Crippen molar-refractivity contribution in [1.82, 2.24) is 0 Å². The van der Waals surface area contributed by atoms with Crippen molar-refractivity contribution in [3.8, 4) is 11.5 Å². The highest BCUT2D eigenvalue weighted by atomic mass is 16.5. The van der Waals surface area contributed by atoms with E-state index in [1.165, 1.54) is 0 Å². The standard InChI is InChI=1S/C14H23NO4/c1-16-7-8-19-6-4-5-15-12-9-13(17-2)11-14(10-12)18-3/h9-11,15H,4-8H2,1-3H3. The van der Waals surface area contributed by atoms with Crippen molar-refractivity contribution in [3.05, 3.63) is 18.2 Å². The van der Waals surface area contributed by atoms with Crippen LogP contribution in [0.25, 0.3) is 0 Å². The summed E-state index contributed by atoms with van der Waals surface area (Å²) in [5.41, 5.74) is 0.980. The first kappa shape index (κ1) is 15.6. The SMILES string of the molecule is COCCOCCCNc1cc(OC)cc(OC)c1. The molecule has 0 radical (unpaired) electrons. The van der Waals surface area contributed by atoms with Gasteiger partial charge in [-0.25, -0.2) is 0 Å². The van der Waals surface area contributed by atoms with Crippen LogP contribution in [0.1, 0.15) is 6.42 Å². The zero-order chi connectivity index (χ0) is 13.9. The minimum atomic E-state index is 0.639. The Labute approximate surface area is 114 Å². The first-order chi connectivity index (χ1) is 9.30. The summed E-state index contributed by atoms with van der Waals surface area (Å²) >= 11 is 0. The molecule has 1 N–H and O–H groups in total. The second-order valence-corrected chi connectivity index (χ2v) is 3.99. The average Bonchev–Trinajstić information content (AvgIpc) is 2.45. The molecule has 0 aliphatic carbocycles. The van der Waals surface area contributed by atoms with Crippen molar-refractivity contribution in [2.24, 2.45) is 0 Å². The monoisotopic (exact) mass is 269 g/mol. The Morgan fingerprint density at radius 3 is 2.16 bits per heavy atom. The van der Waals surface area contributed by atoms with Crippen LogP contribution in [0.5, 0.6) is 11.5 Å². The quantitative estimate of drug-likeness (QED) is 0.660. The average molecular weight is 269 g/mol. The largest absolute Gasteiger partial charge is 0.497 e. The number of ether oxygens (including phenoxy) is 4. The van der Waals surface area contributed by atoms with Crippen LogP contribution >= 0.6 is 0 Å². The van der Waals surface area contributed by atoms with Crippen LogP contribution in [0.4, 0.5) is 5.69 Å². The molecular weight excluding hydrogens is 246 g/mol. The van der Waals surface area contributed by atoms with Gasteiger partial charge in [-0.2, -0.15) is 0 Å². The second-order valence-electron chi connectivity index (χ2n) is 3.99. The Kier molecular flexibility index (Phi) is 7.77. The highest BCUT2D eigenvalue weighted by molar-refractivity contribution is 5.53. The van der Waals surface area contributed by atoms with E-state index in [2.05, 4.69) is 5.32 Å². The number of rotatable bonds is 10. The van der Waals surface area contributed by atoms with Crippen molar-refractivity contribution in [1.29, 1.82) is 0 Å². The molecule has 5 nitrogen and oxygen atoms in total. The molecule has 0 bridgehead atoms. The highest BCUT2D eigenvalue weighted by Crippen LogP contribution is 2.25. The third-order valence-corrected chi connectivity index (χ3v) is 2.58. The first-order valence-corrected chi connectivity index (χ1v) is 6.33. The van der Waals surface area contributed by atoms with E-state index in [1.807, 2.05) is 18.2 Å². The molecule has 0 aliphatic heterocycles. The zero-order valence-corrected chi connectivity index (χ0v) is 11.9. The minimum Gasteiger partial charge on any atom is -0.497 e. The molecule has 1 rings (SSSR count). The number of benzene rings is 1. The van der Waals surface area contributed by atoms with Crippen LogP contribution in [0, 0.1) is 0 Å². The van der Waals surface area contributed by atoms with E-state index in [0.717, 1.165) is 36.8 Å². The lowest BCUT2D eigenvalue weighted by atomic mass is 10.2. The lowest BCUT2D eigenvalue weighted by Crippen LogP contribution is -2.08. The van der Waals surface area contributed by atoms with E-state index >= 15 is 0 Å². The molecule has 0 saturated heterocycles. The van der Waals surface area contributed by atoms with Gasteiger partial charge in [0.15, 0.2) is 0 Å². The molecule has 0 fully saturated rings. The Balaban J connectivity index is 2.28. The van der Waals surface area contributed by atoms with Crippen LogP contribution in [-0.4, -0.2) is 47.7 Å². The fourth-order valence-corrected chi connectivity index (χ4v) is 1.56. The summed E-state index contributed by atoms with van der Waals surface area (Å²) in [6.45, 7) is 2.84. The molecule has 1 aromatic carbocycles. The van der Waals surface area contributed by atoms with Crippen LogP contribution in [-0.2, 0) is 9.47 Å². The number of methoxy groups -OCH3 is 3. The van der Waals surface area contributed by atoms with Crippen LogP contribution < -0.4 is 14.8 Å². The lowest BCUT2D eigenvalue weighted by molar-refractivity contribution is 0.0705. The molecule has 5 heteroatoms. The maximum atomic E-state index is 5.39. The highest BCUT2D eigenvalue weighted by Gasteiger charge is 2.01. The number of hydrogen-bond donors (Lipinski definition) is 1. The van der Waals surface area contributed by atoms with Crippen LogP contribution in [0.2, 0.25) is 0 Å². The topological polar surface area (TPSA) is 49.0 Å². The van der Waals surface area contributed by atoms with Crippen molar-refractivity contribution in [2.75, 3.05) is 53.0 Å². The molecular formula is C14H23NO4. The predicted molar refractivity (Wildman–Crippen MR) is 75.3 cm³/mol. The summed E-state index contributed by atoms with van der Waals surface area (Å²) in [7, 11) is 4.95. The first-order valence-electron chi connectivity index (χ1n) is 6.33. The maximum Gasteiger partial charge on any atom is 0.124 e. The van der Waals surface area contributed by atoms with Gasteiger partial charge in [0.1, 0.15) is 11.5 Å². The molecule has 19 heavy (non-hydrogen) atoms. The van der Waals surface area contributed by atoms with E-state index in [4.69, 9.17) is 18.9 Å². The van der Waals surface area contributed by atoms with Gasteiger partial charge in [-0.1, -0.05) is 0 Å². The van der Waals surface area contributed by atoms with Gasteiger partial charge in [-0.3, -0.25) is 0 Å². The normalized spacial score (nSPS) is 10.3. The van der Waals surface area contributed by atoms with E-state index in [-0.39, 0.29) is 0 Å². The van der Waals surface area contributed by atoms with E-state index in [1.54, 1.807) is 21.3 Å². The van der Waals surface area contributed by atoms with Gasteiger partial charge in [-0.15, -0.1) is 0 Å². The molecule has 0 spiro atoms. The summed E-state index contributed by atoms with van der Waals surface area (Å²) in [6.07, 6.45) is 0.934. The number of nitrogens with one attached hydrogen (secondary N) is 1. The number of hydrogen-bond acceptors (Lipinski definition) is 5. The van der Waals surface area contributed by atoms with Crippen molar-refractivity contribution >= 4 is 5.69 Å². The Hall–Kier alpha value is -1.46. The Bertz CT molecular complexity index is 335. The zero-order valence-electron chi connectivity index (χ0n) is 11.9. The van der Waals surface area contributed by atoms with Gasteiger partial charge in [0.2, 0.25) is 0 Å².